The van der Waals surface area contributed by atoms with Crippen molar-refractivity contribution in [1.82, 2.24) is 0 Å². The van der Waals surface area contributed by atoms with Gasteiger partial charge in [0, 0.05) is 6.42 Å². The molecule has 1 aliphatic rings. The topological polar surface area (TPSA) is 18.5 Å². The van der Waals surface area contributed by atoms with Gasteiger partial charge in [-0.2, -0.15) is 0 Å². The van der Waals surface area contributed by atoms with E-state index in [2.05, 4.69) is 82.7 Å². The van der Waals surface area contributed by atoms with E-state index in [4.69, 9.17) is 9.47 Å². The largest absolute Gasteiger partial charge is 0.464 e. The summed E-state index contributed by atoms with van der Waals surface area (Å²) >= 11 is 3.72. The Morgan fingerprint density at radius 2 is 1.54 bits per heavy atom. The summed E-state index contributed by atoms with van der Waals surface area (Å²) in [7, 11) is 0. The number of rotatable bonds is 3. The van der Waals surface area contributed by atoms with E-state index in [-0.39, 0.29) is 6.29 Å². The summed E-state index contributed by atoms with van der Waals surface area (Å²) < 4.78 is 12.8. The second-order valence-corrected chi connectivity index (χ2v) is 8.11. The van der Waals surface area contributed by atoms with Crippen molar-refractivity contribution in [3.63, 3.8) is 0 Å². The van der Waals surface area contributed by atoms with Crippen molar-refractivity contribution in [2.75, 3.05) is 6.61 Å². The molecule has 1 saturated heterocycles. The highest BCUT2D eigenvalue weighted by Crippen LogP contribution is 2.39. The van der Waals surface area contributed by atoms with Crippen LogP contribution in [-0.4, -0.2) is 12.9 Å². The van der Waals surface area contributed by atoms with E-state index < -0.39 is 0 Å². The van der Waals surface area contributed by atoms with Gasteiger partial charge in [0.1, 0.15) is 5.75 Å². The molecule has 2 nitrogen and oxygen atoms in total. The van der Waals surface area contributed by atoms with E-state index in [0.29, 0.717) is 0 Å². The normalized spacial score (nSPS) is 17.1. The van der Waals surface area contributed by atoms with Gasteiger partial charge in [-0.1, -0.05) is 54.6 Å². The Balaban J connectivity index is 1.62. The van der Waals surface area contributed by atoms with Gasteiger partial charge < -0.3 is 9.47 Å². The van der Waals surface area contributed by atoms with Crippen molar-refractivity contribution in [3.8, 4) is 16.9 Å². The molecule has 0 amide bonds. The molecule has 1 atom stereocenters. The highest BCUT2D eigenvalue weighted by molar-refractivity contribution is 9.10. The number of benzene rings is 4. The fourth-order valence-electron chi connectivity index (χ4n) is 4.02. The molecule has 1 aliphatic heterocycles. The predicted molar refractivity (Wildman–Crippen MR) is 119 cm³/mol. The van der Waals surface area contributed by atoms with Crippen LogP contribution in [0.3, 0.4) is 0 Å². The lowest BCUT2D eigenvalue weighted by atomic mass is 9.92. The van der Waals surface area contributed by atoms with Crippen LogP contribution in [0.2, 0.25) is 0 Å². The number of hydrogen-bond donors (Lipinski definition) is 0. The molecule has 1 fully saturated rings. The quantitative estimate of drug-likeness (QED) is 0.315. The zero-order valence-electron chi connectivity index (χ0n) is 15.5. The number of halogens is 1. The third-order valence-electron chi connectivity index (χ3n) is 5.39. The van der Waals surface area contributed by atoms with Crippen molar-refractivity contribution in [2.45, 2.75) is 25.6 Å². The van der Waals surface area contributed by atoms with E-state index in [9.17, 15) is 0 Å². The fourth-order valence-corrected chi connectivity index (χ4v) is 4.49. The molecule has 0 N–H and O–H groups in total. The van der Waals surface area contributed by atoms with Gasteiger partial charge in [0.15, 0.2) is 6.29 Å². The van der Waals surface area contributed by atoms with Crippen molar-refractivity contribution >= 4 is 37.5 Å². The molecule has 0 radical (unpaired) electrons. The van der Waals surface area contributed by atoms with Crippen LogP contribution in [0.4, 0.5) is 0 Å². The molecule has 0 aliphatic carbocycles. The van der Waals surface area contributed by atoms with Gasteiger partial charge in [-0.15, -0.1) is 0 Å². The predicted octanol–water partition coefficient (Wildman–Crippen LogP) is 7.33. The summed E-state index contributed by atoms with van der Waals surface area (Å²) in [6.07, 6.45) is 3.08. The number of hydrogen-bond acceptors (Lipinski definition) is 2. The van der Waals surface area contributed by atoms with Crippen LogP contribution >= 0.6 is 15.9 Å². The molecule has 140 valence electrons. The molecule has 4 aromatic carbocycles. The van der Waals surface area contributed by atoms with E-state index in [0.717, 1.165) is 36.1 Å². The van der Waals surface area contributed by atoms with Crippen molar-refractivity contribution in [2.24, 2.45) is 0 Å². The Kier molecular flexibility index (Phi) is 4.79. The van der Waals surface area contributed by atoms with Gasteiger partial charge >= 0.3 is 0 Å². The van der Waals surface area contributed by atoms with E-state index in [1.807, 2.05) is 6.07 Å². The molecule has 0 aromatic heterocycles. The first-order valence-corrected chi connectivity index (χ1v) is 10.6. The maximum Gasteiger partial charge on any atom is 0.199 e. The second kappa shape index (κ2) is 7.57. The average molecular weight is 433 g/mol. The molecule has 0 bridgehead atoms. The average Bonchev–Trinajstić information content (AvgIpc) is 2.74. The highest BCUT2D eigenvalue weighted by atomic mass is 79.9. The molecule has 1 unspecified atom stereocenters. The first-order valence-electron chi connectivity index (χ1n) is 9.78. The summed E-state index contributed by atoms with van der Waals surface area (Å²) in [5, 5.41) is 5.03. The van der Waals surface area contributed by atoms with E-state index in [1.165, 1.54) is 32.7 Å². The molecular weight excluding hydrogens is 412 g/mol. The lowest BCUT2D eigenvalue weighted by Gasteiger charge is -2.24. The minimum Gasteiger partial charge on any atom is -0.464 e. The minimum absolute atomic E-state index is 0.144. The zero-order chi connectivity index (χ0) is 18.9. The Bertz CT molecular complexity index is 1090. The highest BCUT2D eigenvalue weighted by Gasteiger charge is 2.17. The summed E-state index contributed by atoms with van der Waals surface area (Å²) in [5.41, 5.74) is 2.44. The zero-order valence-corrected chi connectivity index (χ0v) is 17.1. The molecule has 28 heavy (non-hydrogen) atoms. The lowest BCUT2D eigenvalue weighted by molar-refractivity contribution is -0.106. The van der Waals surface area contributed by atoms with Gasteiger partial charge in [0.2, 0.25) is 0 Å². The summed E-state index contributed by atoms with van der Waals surface area (Å²) in [6, 6.07) is 25.8. The second-order valence-electron chi connectivity index (χ2n) is 7.25. The maximum absolute atomic E-state index is 6.08. The van der Waals surface area contributed by atoms with Crippen LogP contribution in [0.1, 0.15) is 19.3 Å². The third kappa shape index (κ3) is 3.30. The smallest absolute Gasteiger partial charge is 0.199 e. The van der Waals surface area contributed by atoms with Gasteiger partial charge in [0.05, 0.1) is 11.1 Å². The Hall–Kier alpha value is -2.36. The summed E-state index contributed by atoms with van der Waals surface area (Å²) in [6.45, 7) is 0.780. The van der Waals surface area contributed by atoms with Crippen molar-refractivity contribution < 1.29 is 9.47 Å². The molecule has 0 saturated carbocycles. The Morgan fingerprint density at radius 1 is 0.821 bits per heavy atom. The maximum atomic E-state index is 6.08. The molecule has 4 aromatic rings. The minimum atomic E-state index is -0.144. The van der Waals surface area contributed by atoms with Crippen LogP contribution in [0, 0.1) is 0 Å². The van der Waals surface area contributed by atoms with Crippen LogP contribution in [0.15, 0.2) is 77.3 Å². The van der Waals surface area contributed by atoms with Gasteiger partial charge in [-0.25, -0.2) is 0 Å². The van der Waals surface area contributed by atoms with Crippen LogP contribution in [0.25, 0.3) is 32.7 Å². The summed E-state index contributed by atoms with van der Waals surface area (Å²) in [4.78, 5) is 0. The van der Waals surface area contributed by atoms with Gasteiger partial charge in [-0.05, 0) is 79.6 Å². The standard InChI is InChI=1S/C25H21BrO2/c26-22-16-19(12-13-23(22)28-24-11-5-6-14-27-24)25-20-9-3-1-7-17(20)15-18-8-2-4-10-21(18)25/h1-4,7-10,12-13,15-16,24H,5-6,11,14H2. The number of fused-ring (bicyclic) bond motifs is 2. The Morgan fingerprint density at radius 3 is 2.18 bits per heavy atom. The van der Waals surface area contributed by atoms with Crippen LogP contribution < -0.4 is 4.74 Å². The molecule has 5 rings (SSSR count). The molecule has 1 heterocycles. The van der Waals surface area contributed by atoms with Crippen LogP contribution in [-0.2, 0) is 4.74 Å². The third-order valence-corrected chi connectivity index (χ3v) is 6.01. The van der Waals surface area contributed by atoms with E-state index in [1.54, 1.807) is 0 Å². The van der Waals surface area contributed by atoms with Gasteiger partial charge in [0.25, 0.3) is 0 Å². The SMILES string of the molecule is Brc1cc(-c2c3ccccc3cc3ccccc23)ccc1OC1CCCCO1. The van der Waals surface area contributed by atoms with Crippen molar-refractivity contribution in [3.05, 3.63) is 77.3 Å². The first-order chi connectivity index (χ1) is 13.8. The summed E-state index contributed by atoms with van der Waals surface area (Å²) in [5.74, 6) is 0.834. The lowest BCUT2D eigenvalue weighted by Crippen LogP contribution is -2.25. The van der Waals surface area contributed by atoms with E-state index >= 15 is 0 Å². The van der Waals surface area contributed by atoms with Gasteiger partial charge in [-0.3, -0.25) is 0 Å². The fraction of sp³-hybridized carbons (Fsp3) is 0.200. The Labute approximate surface area is 173 Å². The van der Waals surface area contributed by atoms with Crippen molar-refractivity contribution in [1.29, 1.82) is 0 Å². The molecule has 3 heteroatoms. The van der Waals surface area contributed by atoms with Crippen LogP contribution in [0.5, 0.6) is 5.75 Å². The molecular formula is C25H21BrO2. The monoisotopic (exact) mass is 432 g/mol. The molecule has 0 spiro atoms. The number of ether oxygens (including phenoxy) is 2. The first kappa shape index (κ1) is 17.7.